The molecule has 1 saturated carbocycles. The first-order valence-electron chi connectivity index (χ1n) is 6.01. The average molecular weight is 234 g/mol. The van der Waals surface area contributed by atoms with Crippen LogP contribution in [0.25, 0.3) is 0 Å². The number of rotatable bonds is 4. The van der Waals surface area contributed by atoms with Gasteiger partial charge in [0.25, 0.3) is 11.5 Å². The third kappa shape index (κ3) is 2.57. The molecule has 1 aliphatic rings. The predicted molar refractivity (Wildman–Crippen MR) is 66.0 cm³/mol. The molecule has 1 fully saturated rings. The molecule has 1 aromatic heterocycles. The monoisotopic (exact) mass is 234 g/mol. The van der Waals surface area contributed by atoms with E-state index in [0.717, 1.165) is 13.0 Å². The van der Waals surface area contributed by atoms with Gasteiger partial charge in [0.1, 0.15) is 0 Å². The second-order valence-electron chi connectivity index (χ2n) is 4.90. The molecule has 1 heterocycles. The Balaban J connectivity index is 2.00. The molecule has 0 saturated heterocycles. The first kappa shape index (κ1) is 11.9. The van der Waals surface area contributed by atoms with Gasteiger partial charge in [0, 0.05) is 31.4 Å². The van der Waals surface area contributed by atoms with Crippen molar-refractivity contribution in [3.05, 3.63) is 34.2 Å². The van der Waals surface area contributed by atoms with E-state index >= 15 is 0 Å². The number of aryl methyl sites for hydroxylation is 1. The molecule has 0 aromatic carbocycles. The van der Waals surface area contributed by atoms with E-state index in [4.69, 9.17) is 0 Å². The first-order chi connectivity index (χ1) is 8.06. The Kier molecular flexibility index (Phi) is 3.05. The zero-order chi connectivity index (χ0) is 12.5. The lowest BCUT2D eigenvalue weighted by molar-refractivity contribution is 0.0944. The molecule has 0 spiro atoms. The van der Waals surface area contributed by atoms with Gasteiger partial charge in [-0.25, -0.2) is 0 Å². The van der Waals surface area contributed by atoms with Crippen molar-refractivity contribution < 1.29 is 4.79 Å². The Bertz CT molecular complexity index is 486. The van der Waals surface area contributed by atoms with Gasteiger partial charge in [0.2, 0.25) is 0 Å². The summed E-state index contributed by atoms with van der Waals surface area (Å²) in [7, 11) is 1.67. The van der Waals surface area contributed by atoms with Crippen LogP contribution >= 0.6 is 0 Å². The van der Waals surface area contributed by atoms with Crippen molar-refractivity contribution in [3.8, 4) is 0 Å². The van der Waals surface area contributed by atoms with E-state index in [0.29, 0.717) is 11.0 Å². The largest absolute Gasteiger partial charge is 0.351 e. The van der Waals surface area contributed by atoms with E-state index in [1.54, 1.807) is 19.3 Å². The van der Waals surface area contributed by atoms with Crippen molar-refractivity contribution >= 4 is 5.91 Å². The van der Waals surface area contributed by atoms with Gasteiger partial charge in [-0.1, -0.05) is 6.92 Å². The molecule has 2 rings (SSSR count). The van der Waals surface area contributed by atoms with Crippen LogP contribution in [0.1, 0.15) is 36.5 Å². The molecule has 17 heavy (non-hydrogen) atoms. The smallest absolute Gasteiger partial charge is 0.251 e. The molecule has 1 amide bonds. The highest BCUT2D eigenvalue weighted by molar-refractivity contribution is 5.94. The minimum absolute atomic E-state index is 0.151. The summed E-state index contributed by atoms with van der Waals surface area (Å²) < 4.78 is 1.45. The Morgan fingerprint density at radius 3 is 2.76 bits per heavy atom. The molecule has 0 bridgehead atoms. The Hall–Kier alpha value is -1.58. The maximum Gasteiger partial charge on any atom is 0.251 e. The maximum atomic E-state index is 11.8. The first-order valence-corrected chi connectivity index (χ1v) is 6.01. The Labute approximate surface area is 101 Å². The van der Waals surface area contributed by atoms with Crippen LogP contribution in [0, 0.1) is 5.41 Å². The van der Waals surface area contributed by atoms with Crippen LogP contribution in [0.4, 0.5) is 0 Å². The fourth-order valence-corrected chi connectivity index (χ4v) is 1.89. The van der Waals surface area contributed by atoms with Crippen LogP contribution in [0.15, 0.2) is 23.1 Å². The molecule has 0 unspecified atom stereocenters. The van der Waals surface area contributed by atoms with Gasteiger partial charge in [-0.15, -0.1) is 0 Å². The highest BCUT2D eigenvalue weighted by Crippen LogP contribution is 2.47. The predicted octanol–water partition coefficient (Wildman–Crippen LogP) is 1.31. The van der Waals surface area contributed by atoms with Crippen LogP contribution in [0.3, 0.4) is 0 Å². The van der Waals surface area contributed by atoms with Crippen LogP contribution in [-0.4, -0.2) is 17.0 Å². The third-order valence-corrected chi connectivity index (χ3v) is 3.70. The molecule has 4 nitrogen and oxygen atoms in total. The molecular weight excluding hydrogens is 216 g/mol. The number of amides is 1. The summed E-state index contributed by atoms with van der Waals surface area (Å²) >= 11 is 0. The number of nitrogens with one attached hydrogen (secondary N) is 1. The van der Waals surface area contributed by atoms with Crippen molar-refractivity contribution in [1.82, 2.24) is 9.88 Å². The molecule has 1 aromatic rings. The van der Waals surface area contributed by atoms with Crippen LogP contribution in [0.5, 0.6) is 0 Å². The van der Waals surface area contributed by atoms with E-state index in [1.807, 2.05) is 0 Å². The summed E-state index contributed by atoms with van der Waals surface area (Å²) in [5.41, 5.74) is 0.615. The molecule has 4 heteroatoms. The topological polar surface area (TPSA) is 51.1 Å². The van der Waals surface area contributed by atoms with E-state index < -0.39 is 0 Å². The Morgan fingerprint density at radius 1 is 1.53 bits per heavy atom. The minimum atomic E-state index is -0.158. The highest BCUT2D eigenvalue weighted by Gasteiger charge is 2.40. The SMILES string of the molecule is CCC1(CNC(=O)c2ccn(C)c(=O)c2)CC1. The van der Waals surface area contributed by atoms with Crippen LogP contribution < -0.4 is 10.9 Å². The van der Waals surface area contributed by atoms with E-state index in [1.165, 1.54) is 23.5 Å². The minimum Gasteiger partial charge on any atom is -0.351 e. The summed E-state index contributed by atoms with van der Waals surface area (Å²) in [6.07, 6.45) is 5.11. The summed E-state index contributed by atoms with van der Waals surface area (Å²) in [6, 6.07) is 3.04. The molecular formula is C13H18N2O2. The zero-order valence-electron chi connectivity index (χ0n) is 10.3. The highest BCUT2D eigenvalue weighted by atomic mass is 16.2. The molecule has 0 aliphatic heterocycles. The molecule has 92 valence electrons. The van der Waals surface area contributed by atoms with Gasteiger partial charge in [-0.05, 0) is 30.7 Å². The quantitative estimate of drug-likeness (QED) is 0.853. The van der Waals surface area contributed by atoms with Crippen molar-refractivity contribution in [2.45, 2.75) is 26.2 Å². The number of aromatic nitrogens is 1. The Morgan fingerprint density at radius 2 is 2.24 bits per heavy atom. The van der Waals surface area contributed by atoms with Gasteiger partial charge in [-0.2, -0.15) is 0 Å². The van der Waals surface area contributed by atoms with Crippen molar-refractivity contribution in [2.75, 3.05) is 6.54 Å². The van der Waals surface area contributed by atoms with Crippen molar-refractivity contribution in [1.29, 1.82) is 0 Å². The number of nitrogens with zero attached hydrogens (tertiary/aromatic N) is 1. The normalized spacial score (nSPS) is 16.6. The number of carbonyl (C=O) groups is 1. The van der Waals surface area contributed by atoms with Crippen LogP contribution in [-0.2, 0) is 7.05 Å². The molecule has 1 aliphatic carbocycles. The lowest BCUT2D eigenvalue weighted by Gasteiger charge is -2.13. The van der Waals surface area contributed by atoms with Gasteiger partial charge >= 0.3 is 0 Å². The summed E-state index contributed by atoms with van der Waals surface area (Å²) in [5, 5.41) is 2.91. The van der Waals surface area contributed by atoms with Gasteiger partial charge < -0.3 is 9.88 Å². The zero-order valence-corrected chi connectivity index (χ0v) is 10.3. The van der Waals surface area contributed by atoms with Gasteiger partial charge in [-0.3, -0.25) is 9.59 Å². The van der Waals surface area contributed by atoms with Crippen LogP contribution in [0.2, 0.25) is 0 Å². The van der Waals surface area contributed by atoms with E-state index in [-0.39, 0.29) is 11.5 Å². The molecule has 1 N–H and O–H groups in total. The summed E-state index contributed by atoms with van der Waals surface area (Å²) in [4.78, 5) is 23.2. The number of hydrogen-bond acceptors (Lipinski definition) is 2. The van der Waals surface area contributed by atoms with E-state index in [9.17, 15) is 9.59 Å². The summed E-state index contributed by atoms with van der Waals surface area (Å²) in [6.45, 7) is 2.87. The van der Waals surface area contributed by atoms with Crippen molar-refractivity contribution in [3.63, 3.8) is 0 Å². The fraction of sp³-hybridized carbons (Fsp3) is 0.538. The van der Waals surface area contributed by atoms with E-state index in [2.05, 4.69) is 12.2 Å². The third-order valence-electron chi connectivity index (χ3n) is 3.70. The van der Waals surface area contributed by atoms with Gasteiger partial charge in [0.15, 0.2) is 0 Å². The standard InChI is InChI=1S/C13H18N2O2/c1-3-13(5-6-13)9-14-12(17)10-4-7-15(2)11(16)8-10/h4,7-8H,3,5-6,9H2,1-2H3,(H,14,17). The fourth-order valence-electron chi connectivity index (χ4n) is 1.89. The van der Waals surface area contributed by atoms with Crippen molar-refractivity contribution in [2.24, 2.45) is 12.5 Å². The average Bonchev–Trinajstić information content (AvgIpc) is 3.10. The van der Waals surface area contributed by atoms with Gasteiger partial charge in [0.05, 0.1) is 0 Å². The number of carbonyl (C=O) groups excluding carboxylic acids is 1. The maximum absolute atomic E-state index is 11.8. The number of pyridine rings is 1. The second-order valence-corrected chi connectivity index (χ2v) is 4.90. The number of hydrogen-bond donors (Lipinski definition) is 1. The second kappa shape index (κ2) is 4.35. The molecule has 0 radical (unpaired) electrons. The lowest BCUT2D eigenvalue weighted by Crippen LogP contribution is -2.31. The molecule has 0 atom stereocenters. The summed E-state index contributed by atoms with van der Waals surface area (Å²) in [5.74, 6) is -0.151. The lowest BCUT2D eigenvalue weighted by atomic mass is 10.0.